The van der Waals surface area contributed by atoms with E-state index in [4.69, 9.17) is 20.8 Å². The second-order valence-electron chi connectivity index (χ2n) is 2.66. The zero-order valence-electron chi connectivity index (χ0n) is 7.30. The van der Waals surface area contributed by atoms with Crippen molar-refractivity contribution in [3.63, 3.8) is 0 Å². The fourth-order valence-corrected chi connectivity index (χ4v) is 1.14. The van der Waals surface area contributed by atoms with Crippen molar-refractivity contribution in [1.82, 2.24) is 10.5 Å². The molecule has 0 aliphatic heterocycles. The fraction of sp³-hybridized carbons (Fsp3) is 1.00. The first-order valence-electron chi connectivity index (χ1n) is 3.87. The van der Waals surface area contributed by atoms with Crippen molar-refractivity contribution < 1.29 is 20.8 Å². The largest absolute Gasteiger partial charge is 0.288 e. The van der Waals surface area contributed by atoms with Crippen LogP contribution < -0.4 is 0 Å². The topological polar surface area (TPSA) is 87.4 Å². The minimum atomic E-state index is -1.52. The van der Waals surface area contributed by atoms with E-state index in [0.29, 0.717) is 6.42 Å². The average Bonchev–Trinajstić information content (AvgIpc) is 1.98. The molecule has 6 heteroatoms. The summed E-state index contributed by atoms with van der Waals surface area (Å²) in [6, 6.07) is 0. The molecule has 0 aromatic rings. The van der Waals surface area contributed by atoms with Crippen LogP contribution in [0.25, 0.3) is 0 Å². The highest BCUT2D eigenvalue weighted by Gasteiger charge is 2.39. The van der Waals surface area contributed by atoms with Crippen LogP contribution in [-0.4, -0.2) is 36.9 Å². The molecule has 0 aromatic carbocycles. The van der Waals surface area contributed by atoms with E-state index < -0.39 is 5.66 Å². The Morgan fingerprint density at radius 2 is 1.42 bits per heavy atom. The van der Waals surface area contributed by atoms with Crippen molar-refractivity contribution in [3.8, 4) is 0 Å². The monoisotopic (exact) mass is 180 g/mol. The van der Waals surface area contributed by atoms with E-state index in [-0.39, 0.29) is 23.3 Å². The van der Waals surface area contributed by atoms with Gasteiger partial charge in [-0.25, -0.2) is 0 Å². The van der Waals surface area contributed by atoms with Crippen LogP contribution in [0.2, 0.25) is 0 Å². The molecule has 0 amide bonds. The molecule has 74 valence electrons. The molecule has 0 bridgehead atoms. The van der Waals surface area contributed by atoms with Gasteiger partial charge < -0.3 is 0 Å². The predicted octanol–water partition coefficient (Wildman–Crippen LogP) is 1.05. The molecule has 0 heterocycles. The molecule has 0 aromatic heterocycles. The van der Waals surface area contributed by atoms with Gasteiger partial charge in [0.15, 0.2) is 5.66 Å². The first kappa shape index (κ1) is 11.8. The zero-order chi connectivity index (χ0) is 9.78. The SMILES string of the molecule is CCCC(CC)(N(O)O)N(O)O. The number of hydrogen-bond donors (Lipinski definition) is 4. The third-order valence-electron chi connectivity index (χ3n) is 1.96. The Morgan fingerprint density at radius 1 is 1.00 bits per heavy atom. The lowest BCUT2D eigenvalue weighted by Gasteiger charge is -2.37. The van der Waals surface area contributed by atoms with Gasteiger partial charge in [0.05, 0.1) is 0 Å². The number of hydroxylamine groups is 4. The van der Waals surface area contributed by atoms with Gasteiger partial charge >= 0.3 is 0 Å². The smallest absolute Gasteiger partial charge is 0.174 e. The lowest BCUT2D eigenvalue weighted by Crippen LogP contribution is -2.55. The van der Waals surface area contributed by atoms with E-state index in [1.165, 1.54) is 0 Å². The van der Waals surface area contributed by atoms with E-state index in [0.717, 1.165) is 0 Å². The van der Waals surface area contributed by atoms with Crippen LogP contribution in [0.4, 0.5) is 0 Å². The van der Waals surface area contributed by atoms with Gasteiger partial charge in [-0.3, -0.25) is 20.8 Å². The standard InChI is InChI=1S/C6H16N2O4/c1-3-5-6(4-2,7(9)10)8(11)12/h9-12H,3-5H2,1-2H3. The number of rotatable bonds is 5. The summed E-state index contributed by atoms with van der Waals surface area (Å²) >= 11 is 0. The van der Waals surface area contributed by atoms with Crippen LogP contribution >= 0.6 is 0 Å². The fourth-order valence-electron chi connectivity index (χ4n) is 1.14. The first-order valence-corrected chi connectivity index (χ1v) is 3.87. The Hall–Kier alpha value is -0.240. The van der Waals surface area contributed by atoms with Gasteiger partial charge in [0.1, 0.15) is 0 Å². The van der Waals surface area contributed by atoms with Crippen LogP contribution in [0.3, 0.4) is 0 Å². The molecule has 6 nitrogen and oxygen atoms in total. The molecule has 0 saturated carbocycles. The molecule has 0 aliphatic carbocycles. The van der Waals surface area contributed by atoms with Gasteiger partial charge in [0.25, 0.3) is 0 Å². The summed E-state index contributed by atoms with van der Waals surface area (Å²) in [5.74, 6) is 0. The molecule has 4 N–H and O–H groups in total. The molecule has 12 heavy (non-hydrogen) atoms. The van der Waals surface area contributed by atoms with Gasteiger partial charge in [0.2, 0.25) is 0 Å². The molecular formula is C6H16N2O4. The first-order chi connectivity index (χ1) is 5.51. The Morgan fingerprint density at radius 3 is 1.50 bits per heavy atom. The molecule has 0 atom stereocenters. The second kappa shape index (κ2) is 4.70. The lowest BCUT2D eigenvalue weighted by atomic mass is 10.0. The van der Waals surface area contributed by atoms with Crippen molar-refractivity contribution >= 4 is 0 Å². The summed E-state index contributed by atoms with van der Waals surface area (Å²) in [5.41, 5.74) is -1.52. The van der Waals surface area contributed by atoms with Crippen LogP contribution in [0, 0.1) is 0 Å². The molecule has 0 radical (unpaired) electrons. The summed E-state index contributed by atoms with van der Waals surface area (Å²) in [5, 5.41) is 34.8. The van der Waals surface area contributed by atoms with Gasteiger partial charge in [-0.2, -0.15) is 0 Å². The van der Waals surface area contributed by atoms with Crippen molar-refractivity contribution in [3.05, 3.63) is 0 Å². The summed E-state index contributed by atoms with van der Waals surface area (Å²) in [7, 11) is 0. The van der Waals surface area contributed by atoms with Gasteiger partial charge in [0, 0.05) is 0 Å². The Labute approximate surface area is 71.1 Å². The van der Waals surface area contributed by atoms with E-state index in [1.807, 2.05) is 0 Å². The Kier molecular flexibility index (Phi) is 4.61. The van der Waals surface area contributed by atoms with E-state index in [1.54, 1.807) is 13.8 Å². The maximum absolute atomic E-state index is 8.79. The third-order valence-corrected chi connectivity index (χ3v) is 1.96. The van der Waals surface area contributed by atoms with Crippen LogP contribution in [0.5, 0.6) is 0 Å². The van der Waals surface area contributed by atoms with Gasteiger partial charge in [-0.05, 0) is 23.3 Å². The maximum atomic E-state index is 8.79. The lowest BCUT2D eigenvalue weighted by molar-refractivity contribution is -0.491. The Balaban J connectivity index is 4.51. The van der Waals surface area contributed by atoms with Crippen LogP contribution in [0.1, 0.15) is 33.1 Å². The quantitative estimate of drug-likeness (QED) is 0.373. The van der Waals surface area contributed by atoms with E-state index >= 15 is 0 Å². The summed E-state index contributed by atoms with van der Waals surface area (Å²) in [6.07, 6.45) is 1.02. The maximum Gasteiger partial charge on any atom is 0.174 e. The van der Waals surface area contributed by atoms with Crippen molar-refractivity contribution in [2.24, 2.45) is 0 Å². The van der Waals surface area contributed by atoms with E-state index in [9.17, 15) is 0 Å². The summed E-state index contributed by atoms with van der Waals surface area (Å²) in [6.45, 7) is 3.42. The average molecular weight is 180 g/mol. The molecular weight excluding hydrogens is 164 g/mol. The van der Waals surface area contributed by atoms with Crippen molar-refractivity contribution in [2.75, 3.05) is 0 Å². The molecule has 0 spiro atoms. The normalized spacial score (nSPS) is 13.0. The van der Waals surface area contributed by atoms with Crippen LogP contribution in [-0.2, 0) is 0 Å². The molecule has 0 unspecified atom stereocenters. The molecule has 0 saturated heterocycles. The minimum Gasteiger partial charge on any atom is -0.288 e. The number of nitrogens with zero attached hydrogens (tertiary/aromatic N) is 2. The highest BCUT2D eigenvalue weighted by Crippen LogP contribution is 2.24. The minimum absolute atomic E-state index is 0.170. The molecule has 0 aliphatic rings. The highest BCUT2D eigenvalue weighted by atomic mass is 16.8. The number of hydrogen-bond acceptors (Lipinski definition) is 6. The Bertz CT molecular complexity index is 121. The van der Waals surface area contributed by atoms with Crippen molar-refractivity contribution in [1.29, 1.82) is 0 Å². The zero-order valence-corrected chi connectivity index (χ0v) is 7.30. The van der Waals surface area contributed by atoms with Crippen LogP contribution in [0.15, 0.2) is 0 Å². The third kappa shape index (κ3) is 2.13. The summed E-state index contributed by atoms with van der Waals surface area (Å²) < 4.78 is 0. The molecule has 0 rings (SSSR count). The second-order valence-corrected chi connectivity index (χ2v) is 2.66. The van der Waals surface area contributed by atoms with Gasteiger partial charge in [-0.15, -0.1) is 0 Å². The highest BCUT2D eigenvalue weighted by molar-refractivity contribution is 4.74. The molecule has 0 fully saturated rings. The van der Waals surface area contributed by atoms with Gasteiger partial charge in [-0.1, -0.05) is 20.3 Å². The van der Waals surface area contributed by atoms with E-state index in [2.05, 4.69) is 0 Å². The summed E-state index contributed by atoms with van der Waals surface area (Å²) in [4.78, 5) is 0. The van der Waals surface area contributed by atoms with Crippen molar-refractivity contribution in [2.45, 2.75) is 38.8 Å². The predicted molar refractivity (Wildman–Crippen MR) is 38.8 cm³/mol.